The summed E-state index contributed by atoms with van der Waals surface area (Å²) in [7, 11) is 1.60. The number of hydrogen-bond donors (Lipinski definition) is 1. The van der Waals surface area contributed by atoms with Crippen LogP contribution in [0.2, 0.25) is 10.0 Å². The molecule has 7 heteroatoms. The predicted molar refractivity (Wildman–Crippen MR) is 112 cm³/mol. The van der Waals surface area contributed by atoms with E-state index in [9.17, 15) is 9.59 Å². The van der Waals surface area contributed by atoms with E-state index in [-0.39, 0.29) is 18.4 Å². The number of carbonyl (C=O) groups is 2. The zero-order valence-corrected chi connectivity index (χ0v) is 17.7. The largest absolute Gasteiger partial charge is 0.497 e. The van der Waals surface area contributed by atoms with E-state index >= 15 is 0 Å². The number of halogens is 2. The summed E-state index contributed by atoms with van der Waals surface area (Å²) in [5.41, 5.74) is 1.68. The highest BCUT2D eigenvalue weighted by atomic mass is 35.5. The smallest absolute Gasteiger partial charge is 0.242 e. The van der Waals surface area contributed by atoms with Crippen LogP contribution >= 0.6 is 23.2 Å². The first-order valence-corrected chi connectivity index (χ1v) is 9.75. The van der Waals surface area contributed by atoms with E-state index in [4.69, 9.17) is 27.9 Å². The van der Waals surface area contributed by atoms with Crippen molar-refractivity contribution in [1.29, 1.82) is 0 Å². The summed E-state index contributed by atoms with van der Waals surface area (Å²) in [6.07, 6.45) is 0.316. The zero-order valence-electron chi connectivity index (χ0n) is 16.2. The van der Waals surface area contributed by atoms with E-state index in [0.717, 1.165) is 16.9 Å². The van der Waals surface area contributed by atoms with Gasteiger partial charge in [0.25, 0.3) is 0 Å². The van der Waals surface area contributed by atoms with Gasteiger partial charge in [-0.15, -0.1) is 0 Å². The van der Waals surface area contributed by atoms with Gasteiger partial charge in [-0.2, -0.15) is 0 Å². The van der Waals surface area contributed by atoms with Crippen LogP contribution in [0.4, 0.5) is 0 Å². The molecule has 0 aliphatic rings. The molecule has 1 N–H and O–H groups in total. The molecule has 150 valence electrons. The maximum absolute atomic E-state index is 12.7. The summed E-state index contributed by atoms with van der Waals surface area (Å²) >= 11 is 12.0. The maximum Gasteiger partial charge on any atom is 0.242 e. The standard InChI is InChI=1S/C21H24Cl2N2O3/c1-4-20(26)25(13-15-5-9-18(28-3)10-6-15)14(2)21(27)24-12-16-7-8-17(22)11-19(16)23/h5-11,14H,4,12-13H2,1-3H3,(H,24,27)/t14-/m0/s1. The fourth-order valence-electron chi connectivity index (χ4n) is 2.71. The van der Waals surface area contributed by atoms with Crippen LogP contribution in [0.15, 0.2) is 42.5 Å². The Bertz CT molecular complexity index is 825. The highest BCUT2D eigenvalue weighted by Gasteiger charge is 2.25. The average Bonchev–Trinajstić information content (AvgIpc) is 2.70. The number of benzene rings is 2. The van der Waals surface area contributed by atoms with E-state index in [1.807, 2.05) is 24.3 Å². The second kappa shape index (κ2) is 10.3. The lowest BCUT2D eigenvalue weighted by Gasteiger charge is -2.28. The third kappa shape index (κ3) is 5.88. The van der Waals surface area contributed by atoms with Gasteiger partial charge in [-0.3, -0.25) is 9.59 Å². The molecule has 2 rings (SSSR count). The van der Waals surface area contributed by atoms with E-state index in [1.165, 1.54) is 0 Å². The molecule has 0 radical (unpaired) electrons. The lowest BCUT2D eigenvalue weighted by Crippen LogP contribution is -2.47. The predicted octanol–water partition coefficient (Wildman–Crippen LogP) is 4.45. The van der Waals surface area contributed by atoms with Gasteiger partial charge in [0.05, 0.1) is 7.11 Å². The first kappa shape index (κ1) is 22.1. The zero-order chi connectivity index (χ0) is 20.7. The average molecular weight is 423 g/mol. The first-order valence-electron chi connectivity index (χ1n) is 8.99. The molecule has 5 nitrogen and oxygen atoms in total. The van der Waals surface area contributed by atoms with Crippen molar-refractivity contribution >= 4 is 35.0 Å². The Kier molecular flexibility index (Phi) is 8.15. The Morgan fingerprint density at radius 2 is 1.82 bits per heavy atom. The summed E-state index contributed by atoms with van der Waals surface area (Å²) < 4.78 is 5.16. The molecule has 1 atom stereocenters. The van der Waals surface area contributed by atoms with E-state index in [0.29, 0.717) is 23.0 Å². The van der Waals surface area contributed by atoms with Gasteiger partial charge in [0.2, 0.25) is 11.8 Å². The number of rotatable bonds is 8. The number of ether oxygens (including phenoxy) is 1. The molecule has 0 spiro atoms. The Morgan fingerprint density at radius 1 is 1.14 bits per heavy atom. The lowest BCUT2D eigenvalue weighted by atomic mass is 10.1. The van der Waals surface area contributed by atoms with Crippen LogP contribution in [0.1, 0.15) is 31.4 Å². The van der Waals surface area contributed by atoms with Crippen molar-refractivity contribution in [2.24, 2.45) is 0 Å². The van der Waals surface area contributed by atoms with Crippen molar-refractivity contribution in [3.05, 3.63) is 63.6 Å². The third-order valence-corrected chi connectivity index (χ3v) is 5.04. The van der Waals surface area contributed by atoms with Gasteiger partial charge in [0, 0.05) is 29.6 Å². The summed E-state index contributed by atoms with van der Waals surface area (Å²) in [5.74, 6) is 0.395. The molecule has 0 saturated carbocycles. The number of nitrogens with one attached hydrogen (secondary N) is 1. The van der Waals surface area contributed by atoms with Gasteiger partial charge in [0.15, 0.2) is 0 Å². The molecule has 0 heterocycles. The van der Waals surface area contributed by atoms with E-state index < -0.39 is 6.04 Å². The van der Waals surface area contributed by atoms with Crippen LogP contribution in [0.3, 0.4) is 0 Å². The minimum Gasteiger partial charge on any atom is -0.497 e. The van der Waals surface area contributed by atoms with Crippen LogP contribution in [0, 0.1) is 0 Å². The van der Waals surface area contributed by atoms with Gasteiger partial charge in [-0.05, 0) is 42.3 Å². The maximum atomic E-state index is 12.7. The van der Waals surface area contributed by atoms with Crippen molar-refractivity contribution in [3.63, 3.8) is 0 Å². The molecule has 28 heavy (non-hydrogen) atoms. The van der Waals surface area contributed by atoms with Gasteiger partial charge < -0.3 is 15.0 Å². The molecule has 0 bridgehead atoms. The van der Waals surface area contributed by atoms with Crippen molar-refractivity contribution in [2.75, 3.05) is 7.11 Å². The van der Waals surface area contributed by atoms with Gasteiger partial charge >= 0.3 is 0 Å². The number of methoxy groups -OCH3 is 1. The van der Waals surface area contributed by atoms with Crippen molar-refractivity contribution in [3.8, 4) is 5.75 Å². The van der Waals surface area contributed by atoms with Gasteiger partial charge in [0.1, 0.15) is 11.8 Å². The Labute approximate surface area is 175 Å². The van der Waals surface area contributed by atoms with Gasteiger partial charge in [-0.1, -0.05) is 48.3 Å². The quantitative estimate of drug-likeness (QED) is 0.683. The monoisotopic (exact) mass is 422 g/mol. The molecule has 0 aliphatic heterocycles. The molecule has 0 fully saturated rings. The molecule has 0 unspecified atom stereocenters. The number of amides is 2. The summed E-state index contributed by atoms with van der Waals surface area (Å²) in [5, 5.41) is 3.86. The topological polar surface area (TPSA) is 58.6 Å². The summed E-state index contributed by atoms with van der Waals surface area (Å²) in [4.78, 5) is 26.7. The number of carbonyl (C=O) groups excluding carboxylic acids is 2. The van der Waals surface area contributed by atoms with E-state index in [2.05, 4.69) is 5.32 Å². The second-order valence-electron chi connectivity index (χ2n) is 6.35. The normalized spacial score (nSPS) is 11.6. The Hall–Kier alpha value is -2.24. The molecule has 2 amide bonds. The third-order valence-electron chi connectivity index (χ3n) is 4.45. The number of hydrogen-bond acceptors (Lipinski definition) is 3. The highest BCUT2D eigenvalue weighted by molar-refractivity contribution is 6.35. The lowest BCUT2D eigenvalue weighted by molar-refractivity contribution is -0.140. The van der Waals surface area contributed by atoms with Crippen LogP contribution in [-0.2, 0) is 22.7 Å². The minimum absolute atomic E-state index is 0.0945. The SMILES string of the molecule is CCC(=O)N(Cc1ccc(OC)cc1)[C@@H](C)C(=O)NCc1ccc(Cl)cc1Cl. The molecule has 2 aromatic carbocycles. The molecular formula is C21H24Cl2N2O3. The second-order valence-corrected chi connectivity index (χ2v) is 7.20. The summed E-state index contributed by atoms with van der Waals surface area (Å²) in [6.45, 7) is 4.10. The fraction of sp³-hybridized carbons (Fsp3) is 0.333. The van der Waals surface area contributed by atoms with Crippen LogP contribution in [0.25, 0.3) is 0 Å². The molecular weight excluding hydrogens is 399 g/mol. The van der Waals surface area contributed by atoms with Crippen molar-refractivity contribution in [1.82, 2.24) is 10.2 Å². The molecule has 0 aromatic heterocycles. The van der Waals surface area contributed by atoms with Crippen LogP contribution < -0.4 is 10.1 Å². The molecule has 0 saturated heterocycles. The highest BCUT2D eigenvalue weighted by Crippen LogP contribution is 2.21. The summed E-state index contributed by atoms with van der Waals surface area (Å²) in [6, 6.07) is 11.9. The Morgan fingerprint density at radius 3 is 2.39 bits per heavy atom. The molecule has 0 aliphatic carbocycles. The van der Waals surface area contributed by atoms with Crippen molar-refractivity contribution in [2.45, 2.75) is 39.4 Å². The molecule has 2 aromatic rings. The van der Waals surface area contributed by atoms with Crippen LogP contribution in [0.5, 0.6) is 5.75 Å². The number of nitrogens with zero attached hydrogens (tertiary/aromatic N) is 1. The van der Waals surface area contributed by atoms with Crippen LogP contribution in [-0.4, -0.2) is 29.9 Å². The van der Waals surface area contributed by atoms with Crippen molar-refractivity contribution < 1.29 is 14.3 Å². The minimum atomic E-state index is -0.624. The Balaban J connectivity index is 2.06. The fourth-order valence-corrected chi connectivity index (χ4v) is 3.18. The first-order chi connectivity index (χ1) is 13.3. The van der Waals surface area contributed by atoms with Gasteiger partial charge in [-0.25, -0.2) is 0 Å². The van der Waals surface area contributed by atoms with E-state index in [1.54, 1.807) is 44.1 Å².